The number of nitrogens with one attached hydrogen (secondary N) is 1. The Morgan fingerprint density at radius 1 is 1.38 bits per heavy atom. The van der Waals surface area contributed by atoms with E-state index >= 15 is 0 Å². The van der Waals surface area contributed by atoms with Crippen molar-refractivity contribution in [2.45, 2.75) is 27.2 Å². The van der Waals surface area contributed by atoms with Crippen LogP contribution in [-0.2, 0) is 9.47 Å². The fourth-order valence-corrected chi connectivity index (χ4v) is 2.43. The van der Waals surface area contributed by atoms with Gasteiger partial charge in [0.15, 0.2) is 16.6 Å². The van der Waals surface area contributed by atoms with Crippen LogP contribution < -0.4 is 5.32 Å². The molecule has 118 valence electrons. The highest BCUT2D eigenvalue weighted by Gasteiger charge is 2.21. The Hall–Kier alpha value is -1.47. The molecule has 1 rings (SSSR count). The highest BCUT2D eigenvalue weighted by molar-refractivity contribution is 7.17. The molecule has 0 saturated heterocycles. The number of rotatable bonds is 9. The van der Waals surface area contributed by atoms with Crippen LogP contribution in [0.5, 0.6) is 0 Å². The van der Waals surface area contributed by atoms with Crippen LogP contribution in [0.1, 0.15) is 47.4 Å². The van der Waals surface area contributed by atoms with Crippen molar-refractivity contribution in [3.63, 3.8) is 0 Å². The molecule has 0 atom stereocenters. The average Bonchev–Trinajstić information content (AvgIpc) is 2.86. The number of aromatic nitrogens is 1. The van der Waals surface area contributed by atoms with Crippen molar-refractivity contribution in [3.05, 3.63) is 10.6 Å². The van der Waals surface area contributed by atoms with Crippen molar-refractivity contribution in [1.82, 2.24) is 4.98 Å². The van der Waals surface area contributed by atoms with Crippen LogP contribution in [0, 0.1) is 5.92 Å². The number of esters is 1. The van der Waals surface area contributed by atoms with Crippen molar-refractivity contribution < 1.29 is 19.1 Å². The van der Waals surface area contributed by atoms with E-state index in [1.165, 1.54) is 25.4 Å². The molecule has 0 unspecified atom stereocenters. The summed E-state index contributed by atoms with van der Waals surface area (Å²) in [6, 6.07) is 0. The predicted molar refractivity (Wildman–Crippen MR) is 82.2 cm³/mol. The van der Waals surface area contributed by atoms with Gasteiger partial charge in [0.25, 0.3) is 0 Å². The number of methoxy groups -OCH3 is 1. The standard InChI is InChI=1S/C14H22N2O4S/c1-9(2)8-20-7-5-6-15-14-16-11(13(18)19-4)12(21-14)10(3)17/h9H,5-8H2,1-4H3,(H,15,16). The van der Waals surface area contributed by atoms with E-state index in [2.05, 4.69) is 28.9 Å². The Balaban J connectivity index is 2.49. The number of ketones is 1. The molecule has 0 aromatic carbocycles. The van der Waals surface area contributed by atoms with Gasteiger partial charge >= 0.3 is 5.97 Å². The molecule has 0 aliphatic heterocycles. The number of Topliss-reactive ketones (excluding diaryl/α,β-unsaturated/α-hetero) is 1. The maximum Gasteiger partial charge on any atom is 0.358 e. The molecule has 0 saturated carbocycles. The zero-order valence-corrected chi connectivity index (χ0v) is 13.7. The monoisotopic (exact) mass is 314 g/mol. The lowest BCUT2D eigenvalue weighted by Gasteiger charge is -2.06. The summed E-state index contributed by atoms with van der Waals surface area (Å²) >= 11 is 1.17. The normalized spacial score (nSPS) is 10.7. The highest BCUT2D eigenvalue weighted by atomic mass is 32.1. The smallest absolute Gasteiger partial charge is 0.358 e. The molecule has 0 amide bonds. The lowest BCUT2D eigenvalue weighted by atomic mass is 10.2. The summed E-state index contributed by atoms with van der Waals surface area (Å²) in [6.45, 7) is 7.70. The fourth-order valence-electron chi connectivity index (χ4n) is 1.56. The van der Waals surface area contributed by atoms with Crippen LogP contribution in [0.25, 0.3) is 0 Å². The molecule has 0 radical (unpaired) electrons. The third-order valence-corrected chi connectivity index (χ3v) is 3.63. The number of hydrogen-bond acceptors (Lipinski definition) is 7. The molecule has 0 aliphatic rings. The van der Waals surface area contributed by atoms with E-state index in [0.29, 0.717) is 29.1 Å². The molecule has 0 spiro atoms. The molecule has 1 N–H and O–H groups in total. The van der Waals surface area contributed by atoms with Gasteiger partial charge in [-0.15, -0.1) is 0 Å². The zero-order valence-electron chi connectivity index (χ0n) is 12.9. The Morgan fingerprint density at radius 3 is 2.67 bits per heavy atom. The number of nitrogens with zero attached hydrogens (tertiary/aromatic N) is 1. The summed E-state index contributed by atoms with van der Waals surface area (Å²) < 4.78 is 10.1. The Labute approximate surface area is 128 Å². The van der Waals surface area contributed by atoms with Crippen LogP contribution >= 0.6 is 11.3 Å². The van der Waals surface area contributed by atoms with Crippen LogP contribution in [0.15, 0.2) is 0 Å². The lowest BCUT2D eigenvalue weighted by molar-refractivity contribution is 0.0591. The van der Waals surface area contributed by atoms with E-state index in [1.807, 2.05) is 0 Å². The number of anilines is 1. The van der Waals surface area contributed by atoms with Crippen molar-refractivity contribution >= 4 is 28.2 Å². The van der Waals surface area contributed by atoms with Crippen LogP contribution in [-0.4, -0.2) is 43.6 Å². The second-order valence-corrected chi connectivity index (χ2v) is 5.99. The van der Waals surface area contributed by atoms with Gasteiger partial charge in [0.1, 0.15) is 4.88 Å². The third kappa shape index (κ3) is 5.81. The molecule has 0 fully saturated rings. The summed E-state index contributed by atoms with van der Waals surface area (Å²) in [4.78, 5) is 27.5. The zero-order chi connectivity index (χ0) is 15.8. The highest BCUT2D eigenvalue weighted by Crippen LogP contribution is 2.24. The molecule has 7 heteroatoms. The van der Waals surface area contributed by atoms with Gasteiger partial charge in [0.05, 0.1) is 7.11 Å². The van der Waals surface area contributed by atoms with Gasteiger partial charge in [0, 0.05) is 26.7 Å². The maximum atomic E-state index is 11.6. The van der Waals surface area contributed by atoms with E-state index in [0.717, 1.165) is 13.0 Å². The number of thiazole rings is 1. The predicted octanol–water partition coefficient (Wildman–Crippen LogP) is 2.61. The van der Waals surface area contributed by atoms with Crippen molar-refractivity contribution in [2.75, 3.05) is 32.2 Å². The molecule has 1 aromatic heterocycles. The topological polar surface area (TPSA) is 77.5 Å². The first kappa shape index (κ1) is 17.6. The Kier molecular flexibility index (Phi) is 7.31. The summed E-state index contributed by atoms with van der Waals surface area (Å²) in [5, 5.41) is 3.64. The van der Waals surface area contributed by atoms with Gasteiger partial charge in [-0.05, 0) is 12.3 Å². The molecule has 1 aromatic rings. The van der Waals surface area contributed by atoms with Gasteiger partial charge in [-0.3, -0.25) is 4.79 Å². The molecule has 0 aliphatic carbocycles. The van der Waals surface area contributed by atoms with Crippen LogP contribution in [0.3, 0.4) is 0 Å². The van der Waals surface area contributed by atoms with E-state index in [-0.39, 0.29) is 11.5 Å². The molecule has 1 heterocycles. The van der Waals surface area contributed by atoms with Gasteiger partial charge in [-0.1, -0.05) is 25.2 Å². The number of ether oxygens (including phenoxy) is 2. The van der Waals surface area contributed by atoms with E-state index in [9.17, 15) is 9.59 Å². The minimum Gasteiger partial charge on any atom is -0.464 e. The van der Waals surface area contributed by atoms with E-state index < -0.39 is 5.97 Å². The molecular formula is C14H22N2O4S. The second kappa shape index (κ2) is 8.74. The second-order valence-electron chi connectivity index (χ2n) is 4.99. The van der Waals surface area contributed by atoms with Crippen LogP contribution in [0.4, 0.5) is 5.13 Å². The maximum absolute atomic E-state index is 11.6. The SMILES string of the molecule is COC(=O)c1nc(NCCCOCC(C)C)sc1C(C)=O. The van der Waals surface area contributed by atoms with Gasteiger partial charge < -0.3 is 14.8 Å². The first-order valence-corrected chi connectivity index (χ1v) is 7.69. The van der Waals surface area contributed by atoms with Gasteiger partial charge in [0.2, 0.25) is 0 Å². The summed E-state index contributed by atoms with van der Waals surface area (Å²) in [5.74, 6) is -0.261. The van der Waals surface area contributed by atoms with Crippen LogP contribution in [0.2, 0.25) is 0 Å². The Bertz CT molecular complexity index is 485. The lowest BCUT2D eigenvalue weighted by Crippen LogP contribution is -2.09. The van der Waals surface area contributed by atoms with Crippen molar-refractivity contribution in [2.24, 2.45) is 5.92 Å². The summed E-state index contributed by atoms with van der Waals surface area (Å²) in [7, 11) is 1.27. The quantitative estimate of drug-likeness (QED) is 0.429. The molecular weight excluding hydrogens is 292 g/mol. The molecule has 0 bridgehead atoms. The summed E-state index contributed by atoms with van der Waals surface area (Å²) in [6.07, 6.45) is 0.829. The van der Waals surface area contributed by atoms with Gasteiger partial charge in [-0.2, -0.15) is 0 Å². The van der Waals surface area contributed by atoms with E-state index in [4.69, 9.17) is 4.74 Å². The first-order valence-electron chi connectivity index (χ1n) is 6.87. The van der Waals surface area contributed by atoms with Crippen molar-refractivity contribution in [1.29, 1.82) is 0 Å². The third-order valence-electron chi connectivity index (χ3n) is 2.52. The fraction of sp³-hybridized carbons (Fsp3) is 0.643. The minimum absolute atomic E-state index is 0.0774. The summed E-state index contributed by atoms with van der Waals surface area (Å²) in [5.41, 5.74) is 0.0774. The van der Waals surface area contributed by atoms with Gasteiger partial charge in [-0.25, -0.2) is 9.78 Å². The largest absolute Gasteiger partial charge is 0.464 e. The Morgan fingerprint density at radius 2 is 2.10 bits per heavy atom. The first-order chi connectivity index (χ1) is 9.95. The van der Waals surface area contributed by atoms with Crippen molar-refractivity contribution in [3.8, 4) is 0 Å². The molecule has 6 nitrogen and oxygen atoms in total. The number of carbonyl (C=O) groups is 2. The minimum atomic E-state index is -0.593. The van der Waals surface area contributed by atoms with E-state index in [1.54, 1.807) is 0 Å². The average molecular weight is 314 g/mol. The molecule has 21 heavy (non-hydrogen) atoms. The number of carbonyl (C=O) groups excluding carboxylic acids is 2. The number of hydrogen-bond donors (Lipinski definition) is 1.